The number of nitrogens with one attached hydrogen (secondary N) is 2. The van der Waals surface area contributed by atoms with Crippen LogP contribution in [0.3, 0.4) is 0 Å². The molecule has 2 N–H and O–H groups in total. The summed E-state index contributed by atoms with van der Waals surface area (Å²) in [6.45, 7) is 5.94. The van der Waals surface area contributed by atoms with Crippen LogP contribution in [0.5, 0.6) is 0 Å². The average molecular weight is 476 g/mol. The van der Waals surface area contributed by atoms with Crippen molar-refractivity contribution in [3.05, 3.63) is 58.6 Å². The first-order valence-electron chi connectivity index (χ1n) is 12.2. The van der Waals surface area contributed by atoms with Crippen molar-refractivity contribution in [3.63, 3.8) is 0 Å². The molecule has 2 aromatic heterocycles. The molecule has 2 aliphatic carbocycles. The summed E-state index contributed by atoms with van der Waals surface area (Å²) in [6, 6.07) is 11.2. The van der Waals surface area contributed by atoms with Gasteiger partial charge in [0.05, 0.1) is 6.61 Å². The van der Waals surface area contributed by atoms with E-state index in [0.29, 0.717) is 23.7 Å². The van der Waals surface area contributed by atoms with Crippen molar-refractivity contribution in [2.24, 2.45) is 11.8 Å². The summed E-state index contributed by atoms with van der Waals surface area (Å²) in [4.78, 5) is 20.0. The Morgan fingerprint density at radius 2 is 1.94 bits per heavy atom. The molecule has 178 valence electrons. The molecular weight excluding hydrogens is 442 g/mol. The summed E-state index contributed by atoms with van der Waals surface area (Å²) < 4.78 is 5.16. The minimum atomic E-state index is -0.0646. The maximum absolute atomic E-state index is 12.9. The monoisotopic (exact) mass is 475 g/mol. The van der Waals surface area contributed by atoms with Gasteiger partial charge in [-0.2, -0.15) is 0 Å². The molecule has 2 unspecified atom stereocenters. The van der Waals surface area contributed by atoms with Gasteiger partial charge in [-0.05, 0) is 86.1 Å². The fourth-order valence-electron chi connectivity index (χ4n) is 5.52. The molecule has 2 saturated carbocycles. The molecule has 2 fully saturated rings. The lowest BCUT2D eigenvalue weighted by atomic mass is 9.80. The predicted molar refractivity (Wildman–Crippen MR) is 140 cm³/mol. The Bertz CT molecular complexity index is 1200. The van der Waals surface area contributed by atoms with E-state index in [1.54, 1.807) is 7.11 Å². The van der Waals surface area contributed by atoms with Crippen LogP contribution < -0.4 is 10.6 Å². The molecule has 0 spiro atoms. The van der Waals surface area contributed by atoms with Crippen LogP contribution in [0.15, 0.2) is 48.2 Å². The molecule has 0 saturated heterocycles. The highest BCUT2D eigenvalue weighted by Gasteiger charge is 2.38. The van der Waals surface area contributed by atoms with Crippen molar-refractivity contribution in [3.8, 4) is 10.4 Å². The molecule has 1 aromatic carbocycles. The summed E-state index contributed by atoms with van der Waals surface area (Å²) in [5.41, 5.74) is 3.85. The first kappa shape index (κ1) is 23.2. The molecule has 34 heavy (non-hydrogen) atoms. The van der Waals surface area contributed by atoms with Crippen LogP contribution in [0.1, 0.15) is 36.1 Å². The average Bonchev–Trinajstić information content (AvgIpc) is 3.26. The highest BCUT2D eigenvalue weighted by Crippen LogP contribution is 2.46. The Morgan fingerprint density at radius 1 is 1.15 bits per heavy atom. The van der Waals surface area contributed by atoms with Crippen LogP contribution in [0.2, 0.25) is 0 Å². The summed E-state index contributed by atoms with van der Waals surface area (Å²) >= 11 is 1.82. The number of hydrogen-bond donors (Lipinski definition) is 2. The summed E-state index contributed by atoms with van der Waals surface area (Å²) in [7, 11) is 1.74. The number of pyridine rings is 1. The van der Waals surface area contributed by atoms with E-state index < -0.39 is 0 Å². The number of allylic oxidation sites excluding steroid dienone is 1. The van der Waals surface area contributed by atoms with Gasteiger partial charge in [-0.25, -0.2) is 4.98 Å². The maximum Gasteiger partial charge on any atom is 0.249 e. The molecule has 1 amide bonds. The number of thiophene rings is 1. The fraction of sp³-hybridized carbons (Fsp3) is 0.429. The molecule has 5 rings (SSSR count). The number of aryl methyl sites for hydroxylation is 2. The van der Waals surface area contributed by atoms with Gasteiger partial charge < -0.3 is 15.4 Å². The predicted octanol–water partition coefficient (Wildman–Crippen LogP) is 5.87. The van der Waals surface area contributed by atoms with Gasteiger partial charge in [-0.15, -0.1) is 11.3 Å². The van der Waals surface area contributed by atoms with Crippen molar-refractivity contribution in [1.29, 1.82) is 0 Å². The van der Waals surface area contributed by atoms with Gasteiger partial charge in [-0.3, -0.25) is 4.79 Å². The third-order valence-corrected chi connectivity index (χ3v) is 8.61. The van der Waals surface area contributed by atoms with Crippen molar-refractivity contribution in [1.82, 2.24) is 10.3 Å². The third kappa shape index (κ3) is 4.95. The van der Waals surface area contributed by atoms with Crippen molar-refractivity contribution >= 4 is 33.8 Å². The molecular formula is C28H33N3O2S. The topological polar surface area (TPSA) is 63.2 Å². The number of ether oxygens (including phenoxy) is 1. The molecule has 3 atom stereocenters. The molecule has 6 heteroatoms. The SMILES string of the molecule is COCCNC1CC2CC[C@@H](C1)C2=CC(=O)Nc1cc2cc(-c3cc(C)c(C)s3)ccc2cn1. The summed E-state index contributed by atoms with van der Waals surface area (Å²) in [5, 5.41) is 8.79. The van der Waals surface area contributed by atoms with Crippen LogP contribution >= 0.6 is 11.3 Å². The minimum Gasteiger partial charge on any atom is -0.383 e. The number of benzene rings is 1. The van der Waals surface area contributed by atoms with Gasteiger partial charge in [-0.1, -0.05) is 17.7 Å². The standard InChI is InChI=1S/C28H33N3O2S/c1-17-10-26(34-18(17)2)21-6-7-22-16-30-27(14-23(22)11-21)31-28(32)15-25-19-4-5-20(25)13-24(12-19)29-8-9-33-3/h6-7,10-11,14-16,19-20,24,29H,4-5,8-9,12-13H2,1-3H3,(H,30,31,32)/t19-,20?,24?/m0/s1. The molecule has 2 bridgehead atoms. The second-order valence-electron chi connectivity index (χ2n) is 9.70. The smallest absolute Gasteiger partial charge is 0.249 e. The highest BCUT2D eigenvalue weighted by molar-refractivity contribution is 7.15. The Hall–Kier alpha value is -2.54. The lowest BCUT2D eigenvalue weighted by molar-refractivity contribution is -0.112. The number of nitrogens with zero attached hydrogens (tertiary/aromatic N) is 1. The van der Waals surface area contributed by atoms with E-state index in [-0.39, 0.29) is 5.91 Å². The largest absolute Gasteiger partial charge is 0.383 e. The van der Waals surface area contributed by atoms with Crippen LogP contribution in [-0.4, -0.2) is 37.2 Å². The molecule has 3 aromatic rings. The van der Waals surface area contributed by atoms with Crippen molar-refractivity contribution in [2.45, 2.75) is 45.6 Å². The van der Waals surface area contributed by atoms with E-state index in [9.17, 15) is 4.79 Å². The van der Waals surface area contributed by atoms with E-state index in [2.05, 4.69) is 53.7 Å². The Labute approximate surface area is 205 Å². The van der Waals surface area contributed by atoms with Crippen molar-refractivity contribution in [2.75, 3.05) is 25.6 Å². The number of aromatic nitrogens is 1. The lowest BCUT2D eigenvalue weighted by Crippen LogP contribution is -2.37. The first-order chi connectivity index (χ1) is 16.5. The van der Waals surface area contributed by atoms with Crippen molar-refractivity contribution < 1.29 is 9.53 Å². The van der Waals surface area contributed by atoms with Gasteiger partial charge in [0.15, 0.2) is 0 Å². The summed E-state index contributed by atoms with van der Waals surface area (Å²) in [6.07, 6.45) is 8.28. The van der Waals surface area contributed by atoms with E-state index in [1.165, 1.54) is 39.3 Å². The second kappa shape index (κ2) is 9.98. The third-order valence-electron chi connectivity index (χ3n) is 7.40. The zero-order chi connectivity index (χ0) is 23.7. The Morgan fingerprint density at radius 3 is 2.65 bits per heavy atom. The van der Waals surface area contributed by atoms with E-state index in [0.717, 1.165) is 36.8 Å². The highest BCUT2D eigenvalue weighted by atomic mass is 32.1. The number of carbonyl (C=O) groups is 1. The number of hydrogen-bond acceptors (Lipinski definition) is 5. The lowest BCUT2D eigenvalue weighted by Gasteiger charge is -2.31. The minimum absolute atomic E-state index is 0.0646. The normalized spacial score (nSPS) is 23.0. The van der Waals surface area contributed by atoms with Crippen LogP contribution in [-0.2, 0) is 9.53 Å². The van der Waals surface area contributed by atoms with Gasteiger partial charge in [0.1, 0.15) is 5.82 Å². The molecule has 2 aliphatic rings. The number of amides is 1. The second-order valence-corrected chi connectivity index (χ2v) is 11.0. The van der Waals surface area contributed by atoms with E-state index in [4.69, 9.17) is 4.74 Å². The maximum atomic E-state index is 12.9. The quantitative estimate of drug-likeness (QED) is 0.331. The summed E-state index contributed by atoms with van der Waals surface area (Å²) in [5.74, 6) is 1.56. The molecule has 2 heterocycles. The van der Waals surface area contributed by atoms with E-state index >= 15 is 0 Å². The number of carbonyl (C=O) groups excluding carboxylic acids is 1. The van der Waals surface area contributed by atoms with Gasteiger partial charge in [0.2, 0.25) is 5.91 Å². The zero-order valence-corrected chi connectivity index (χ0v) is 21.0. The van der Waals surface area contributed by atoms with Crippen LogP contribution in [0.4, 0.5) is 5.82 Å². The molecule has 0 radical (unpaired) electrons. The molecule has 5 nitrogen and oxygen atoms in total. The van der Waals surface area contributed by atoms with Crippen LogP contribution in [0, 0.1) is 25.7 Å². The Balaban J connectivity index is 1.28. The number of fused-ring (bicyclic) bond motifs is 3. The number of methoxy groups -OCH3 is 1. The van der Waals surface area contributed by atoms with E-state index in [1.807, 2.05) is 29.7 Å². The number of rotatable bonds is 7. The van der Waals surface area contributed by atoms with Crippen LogP contribution in [0.25, 0.3) is 21.2 Å². The fourth-order valence-corrected chi connectivity index (χ4v) is 6.55. The van der Waals surface area contributed by atoms with Gasteiger partial charge in [0.25, 0.3) is 0 Å². The first-order valence-corrected chi connectivity index (χ1v) is 13.0. The molecule has 0 aliphatic heterocycles. The zero-order valence-electron chi connectivity index (χ0n) is 20.2. The van der Waals surface area contributed by atoms with Gasteiger partial charge in [0, 0.05) is 47.1 Å². The Kier molecular flexibility index (Phi) is 6.82. The number of anilines is 1. The van der Waals surface area contributed by atoms with Gasteiger partial charge >= 0.3 is 0 Å².